The van der Waals surface area contributed by atoms with Crippen molar-refractivity contribution in [2.45, 2.75) is 33.1 Å². The van der Waals surface area contributed by atoms with Crippen LogP contribution < -0.4 is 5.32 Å². The number of halogens is 4. The molecule has 2 aromatic heterocycles. The van der Waals surface area contributed by atoms with Gasteiger partial charge in [0.05, 0.1) is 29.0 Å². The first kappa shape index (κ1) is 19.9. The Hall–Kier alpha value is -2.81. The van der Waals surface area contributed by atoms with Crippen LogP contribution >= 0.6 is 11.6 Å². The molecular formula is C18H17ClF3N5O. The number of nitrogens with one attached hydrogen (secondary N) is 1. The highest BCUT2D eigenvalue weighted by Crippen LogP contribution is 2.29. The van der Waals surface area contributed by atoms with Crippen molar-refractivity contribution in [3.63, 3.8) is 0 Å². The second-order valence-electron chi connectivity index (χ2n) is 6.31. The summed E-state index contributed by atoms with van der Waals surface area (Å²) < 4.78 is 41.6. The number of anilines is 1. The SMILES string of the molecule is Cc1cc(NC(=O)Cn2ncc(Cl)c2C)nn1Cc1cccc(C(F)(F)F)c1. The maximum atomic E-state index is 12.9. The number of rotatable bonds is 5. The molecule has 28 heavy (non-hydrogen) atoms. The molecule has 3 aromatic rings. The topological polar surface area (TPSA) is 64.7 Å². The third kappa shape index (κ3) is 4.53. The first-order valence-corrected chi connectivity index (χ1v) is 8.69. The summed E-state index contributed by atoms with van der Waals surface area (Å²) >= 11 is 5.91. The van der Waals surface area contributed by atoms with Gasteiger partial charge in [-0.25, -0.2) is 0 Å². The van der Waals surface area contributed by atoms with Crippen LogP contribution in [0.2, 0.25) is 5.02 Å². The molecule has 1 amide bonds. The van der Waals surface area contributed by atoms with Gasteiger partial charge in [-0.1, -0.05) is 23.7 Å². The molecule has 0 spiro atoms. The van der Waals surface area contributed by atoms with Gasteiger partial charge in [-0.3, -0.25) is 14.2 Å². The van der Waals surface area contributed by atoms with Gasteiger partial charge < -0.3 is 5.32 Å². The summed E-state index contributed by atoms with van der Waals surface area (Å²) in [5.74, 6) is -0.0306. The van der Waals surface area contributed by atoms with Gasteiger partial charge in [0.2, 0.25) is 5.91 Å². The second kappa shape index (κ2) is 7.67. The molecule has 0 fully saturated rings. The zero-order valence-corrected chi connectivity index (χ0v) is 15.8. The van der Waals surface area contributed by atoms with Crippen molar-refractivity contribution in [3.05, 3.63) is 64.1 Å². The normalized spacial score (nSPS) is 11.6. The average molecular weight is 412 g/mol. The maximum absolute atomic E-state index is 12.9. The van der Waals surface area contributed by atoms with Crippen LogP contribution in [-0.2, 0) is 24.1 Å². The summed E-state index contributed by atoms with van der Waals surface area (Å²) in [5, 5.41) is 11.4. The highest BCUT2D eigenvalue weighted by atomic mass is 35.5. The Morgan fingerprint density at radius 3 is 2.61 bits per heavy atom. The average Bonchev–Trinajstić information content (AvgIpc) is 3.11. The molecular weight excluding hydrogens is 395 g/mol. The van der Waals surface area contributed by atoms with E-state index in [2.05, 4.69) is 15.5 Å². The molecule has 0 radical (unpaired) electrons. The van der Waals surface area contributed by atoms with E-state index in [4.69, 9.17) is 11.6 Å². The van der Waals surface area contributed by atoms with Crippen molar-refractivity contribution in [2.75, 3.05) is 5.32 Å². The van der Waals surface area contributed by atoms with Gasteiger partial charge in [0.15, 0.2) is 5.82 Å². The first-order chi connectivity index (χ1) is 13.1. The summed E-state index contributed by atoms with van der Waals surface area (Å²) in [4.78, 5) is 12.2. The van der Waals surface area contributed by atoms with Crippen LogP contribution in [0.25, 0.3) is 0 Å². The van der Waals surface area contributed by atoms with E-state index in [1.807, 2.05) is 0 Å². The van der Waals surface area contributed by atoms with Gasteiger partial charge in [-0.2, -0.15) is 23.4 Å². The van der Waals surface area contributed by atoms with E-state index in [0.29, 0.717) is 27.8 Å². The molecule has 148 valence electrons. The molecule has 0 saturated heterocycles. The number of carbonyl (C=O) groups is 1. The number of alkyl halides is 3. The lowest BCUT2D eigenvalue weighted by atomic mass is 10.1. The van der Waals surface area contributed by atoms with Crippen molar-refractivity contribution in [3.8, 4) is 0 Å². The van der Waals surface area contributed by atoms with Gasteiger partial charge in [0, 0.05) is 11.8 Å². The Labute approximate surface area is 163 Å². The highest BCUT2D eigenvalue weighted by molar-refractivity contribution is 6.31. The minimum absolute atomic E-state index is 0.0297. The predicted molar refractivity (Wildman–Crippen MR) is 98.1 cm³/mol. The molecule has 0 saturated carbocycles. The van der Waals surface area contributed by atoms with Crippen LogP contribution in [0.5, 0.6) is 0 Å². The fraction of sp³-hybridized carbons (Fsp3) is 0.278. The van der Waals surface area contributed by atoms with E-state index in [9.17, 15) is 18.0 Å². The predicted octanol–water partition coefficient (Wildman–Crippen LogP) is 4.06. The molecule has 1 N–H and O–H groups in total. The minimum atomic E-state index is -4.40. The van der Waals surface area contributed by atoms with Crippen LogP contribution in [0.4, 0.5) is 19.0 Å². The van der Waals surface area contributed by atoms with Crippen LogP contribution in [0, 0.1) is 13.8 Å². The fourth-order valence-corrected chi connectivity index (χ4v) is 2.79. The third-order valence-corrected chi connectivity index (χ3v) is 4.54. The number of nitrogens with zero attached hydrogens (tertiary/aromatic N) is 4. The molecule has 10 heteroatoms. The Morgan fingerprint density at radius 2 is 1.96 bits per heavy atom. The number of hydrogen-bond donors (Lipinski definition) is 1. The quantitative estimate of drug-likeness (QED) is 0.688. The van der Waals surface area contributed by atoms with Crippen LogP contribution in [-0.4, -0.2) is 25.5 Å². The van der Waals surface area contributed by atoms with E-state index >= 15 is 0 Å². The molecule has 6 nitrogen and oxygen atoms in total. The number of hydrogen-bond acceptors (Lipinski definition) is 3. The van der Waals surface area contributed by atoms with Gasteiger partial charge in [-0.15, -0.1) is 0 Å². The molecule has 0 atom stereocenters. The number of carbonyl (C=O) groups excluding carboxylic acids is 1. The van der Waals surface area contributed by atoms with E-state index in [0.717, 1.165) is 12.1 Å². The standard InChI is InChI=1S/C18H17ClF3N5O/c1-11-6-16(24-17(28)10-27-12(2)15(19)8-23-27)25-26(11)9-13-4-3-5-14(7-13)18(20,21)22/h3-8H,9-10H2,1-2H3,(H,24,25,28). The molecule has 0 aliphatic carbocycles. The number of amides is 1. The van der Waals surface area contributed by atoms with Gasteiger partial charge in [-0.05, 0) is 31.5 Å². The Balaban J connectivity index is 1.69. The van der Waals surface area contributed by atoms with E-state index in [1.165, 1.54) is 21.6 Å². The number of benzene rings is 1. The molecule has 0 aliphatic heterocycles. The van der Waals surface area contributed by atoms with Gasteiger partial charge in [0.25, 0.3) is 0 Å². The lowest BCUT2D eigenvalue weighted by Gasteiger charge is -2.09. The summed E-state index contributed by atoms with van der Waals surface area (Å²) in [5.41, 5.74) is 1.12. The Kier molecular flexibility index (Phi) is 5.46. The largest absolute Gasteiger partial charge is 0.416 e. The molecule has 2 heterocycles. The smallest absolute Gasteiger partial charge is 0.308 e. The second-order valence-corrected chi connectivity index (χ2v) is 6.72. The zero-order chi connectivity index (χ0) is 20.5. The van der Waals surface area contributed by atoms with E-state index in [-0.39, 0.29) is 19.0 Å². The van der Waals surface area contributed by atoms with Crippen LogP contribution in [0.3, 0.4) is 0 Å². The number of aromatic nitrogens is 4. The Morgan fingerprint density at radius 1 is 1.21 bits per heavy atom. The van der Waals surface area contributed by atoms with Gasteiger partial charge in [0.1, 0.15) is 6.54 Å². The van der Waals surface area contributed by atoms with Crippen molar-refractivity contribution < 1.29 is 18.0 Å². The molecule has 1 aromatic carbocycles. The number of aryl methyl sites for hydroxylation is 1. The lowest BCUT2D eigenvalue weighted by Crippen LogP contribution is -2.20. The van der Waals surface area contributed by atoms with E-state index < -0.39 is 11.7 Å². The molecule has 0 unspecified atom stereocenters. The van der Waals surface area contributed by atoms with Crippen molar-refractivity contribution in [1.82, 2.24) is 19.6 Å². The maximum Gasteiger partial charge on any atom is 0.416 e. The highest BCUT2D eigenvalue weighted by Gasteiger charge is 2.30. The molecule has 0 bridgehead atoms. The molecule has 3 rings (SSSR count). The van der Waals surface area contributed by atoms with Gasteiger partial charge >= 0.3 is 6.18 Å². The zero-order valence-electron chi connectivity index (χ0n) is 15.1. The fourth-order valence-electron chi connectivity index (χ4n) is 2.65. The van der Waals surface area contributed by atoms with Crippen molar-refractivity contribution in [1.29, 1.82) is 0 Å². The van der Waals surface area contributed by atoms with Crippen LogP contribution in [0.15, 0.2) is 36.5 Å². The van der Waals surface area contributed by atoms with E-state index in [1.54, 1.807) is 26.0 Å². The molecule has 0 aliphatic rings. The minimum Gasteiger partial charge on any atom is -0.308 e. The third-order valence-electron chi connectivity index (χ3n) is 4.17. The van der Waals surface area contributed by atoms with Crippen molar-refractivity contribution >= 4 is 23.3 Å². The summed E-state index contributed by atoms with van der Waals surface area (Å²) in [7, 11) is 0. The first-order valence-electron chi connectivity index (χ1n) is 8.32. The monoisotopic (exact) mass is 411 g/mol. The summed E-state index contributed by atoms with van der Waals surface area (Å²) in [6.07, 6.45) is -2.94. The summed E-state index contributed by atoms with van der Waals surface area (Å²) in [6.45, 7) is 3.63. The Bertz CT molecular complexity index is 1010. The lowest BCUT2D eigenvalue weighted by molar-refractivity contribution is -0.137. The van der Waals surface area contributed by atoms with Crippen molar-refractivity contribution in [2.24, 2.45) is 0 Å². The summed E-state index contributed by atoms with van der Waals surface area (Å²) in [6, 6.07) is 6.71. The van der Waals surface area contributed by atoms with Crippen LogP contribution in [0.1, 0.15) is 22.5 Å².